The van der Waals surface area contributed by atoms with Gasteiger partial charge in [-0.15, -0.1) is 0 Å². The van der Waals surface area contributed by atoms with Gasteiger partial charge in [0.25, 0.3) is 0 Å². The van der Waals surface area contributed by atoms with E-state index in [0.29, 0.717) is 28.5 Å². The summed E-state index contributed by atoms with van der Waals surface area (Å²) in [6.07, 6.45) is 3.25. The molecular formula is C21H17Cl2N3O2. The number of halogens is 2. The van der Waals surface area contributed by atoms with Gasteiger partial charge in [0.1, 0.15) is 10.8 Å². The Morgan fingerprint density at radius 1 is 1.11 bits per heavy atom. The summed E-state index contributed by atoms with van der Waals surface area (Å²) in [5.41, 5.74) is 3.30. The van der Waals surface area contributed by atoms with Crippen LogP contribution < -0.4 is 9.47 Å². The molecule has 0 atom stereocenters. The third-order valence-electron chi connectivity index (χ3n) is 4.00. The number of methoxy groups -OCH3 is 1. The number of nitrogens with zero attached hydrogens (tertiary/aromatic N) is 3. The Labute approximate surface area is 173 Å². The first-order valence-electron chi connectivity index (χ1n) is 8.52. The number of aryl methyl sites for hydroxylation is 3. The Bertz CT molecular complexity index is 1050. The van der Waals surface area contributed by atoms with Gasteiger partial charge in [0.15, 0.2) is 5.75 Å². The molecule has 0 radical (unpaired) electrons. The van der Waals surface area contributed by atoms with Gasteiger partial charge in [-0.1, -0.05) is 23.2 Å². The molecule has 2 aromatic heterocycles. The smallest absolute Gasteiger partial charge is 0.236 e. The highest BCUT2D eigenvalue weighted by Crippen LogP contribution is 2.37. The lowest BCUT2D eigenvalue weighted by Gasteiger charge is -2.13. The van der Waals surface area contributed by atoms with Gasteiger partial charge in [-0.3, -0.25) is 4.98 Å². The summed E-state index contributed by atoms with van der Waals surface area (Å²) in [4.78, 5) is 8.66. The maximum Gasteiger partial charge on any atom is 0.236 e. The minimum atomic E-state index is 0.254. The zero-order valence-electron chi connectivity index (χ0n) is 15.4. The second-order valence-electron chi connectivity index (χ2n) is 6.13. The summed E-state index contributed by atoms with van der Waals surface area (Å²) in [6, 6.07) is 12.6. The maximum atomic E-state index is 9.11. The molecule has 0 saturated carbocycles. The van der Waals surface area contributed by atoms with Crippen molar-refractivity contribution in [1.29, 1.82) is 5.26 Å². The first-order valence-corrected chi connectivity index (χ1v) is 9.27. The summed E-state index contributed by atoms with van der Waals surface area (Å²) in [5.74, 6) is 1.08. The molecule has 3 aromatic rings. The van der Waals surface area contributed by atoms with Crippen molar-refractivity contribution in [3.63, 3.8) is 0 Å². The van der Waals surface area contributed by atoms with Crippen LogP contribution in [-0.4, -0.2) is 17.1 Å². The van der Waals surface area contributed by atoms with Gasteiger partial charge in [-0.2, -0.15) is 5.26 Å². The Morgan fingerprint density at radius 3 is 2.64 bits per heavy atom. The average Bonchev–Trinajstić information content (AvgIpc) is 2.68. The molecule has 0 bridgehead atoms. The van der Waals surface area contributed by atoms with E-state index in [0.717, 1.165) is 17.8 Å². The van der Waals surface area contributed by atoms with Gasteiger partial charge < -0.3 is 9.47 Å². The van der Waals surface area contributed by atoms with Crippen molar-refractivity contribution in [3.8, 4) is 23.4 Å². The summed E-state index contributed by atoms with van der Waals surface area (Å²) >= 11 is 12.4. The van der Waals surface area contributed by atoms with Crippen LogP contribution in [0, 0.1) is 18.3 Å². The molecule has 0 unspecified atom stereocenters. The van der Waals surface area contributed by atoms with Gasteiger partial charge in [0, 0.05) is 28.7 Å². The molecule has 0 spiro atoms. The van der Waals surface area contributed by atoms with Crippen molar-refractivity contribution in [1.82, 2.24) is 9.97 Å². The first kappa shape index (κ1) is 19.9. The van der Waals surface area contributed by atoms with Crippen LogP contribution in [0.2, 0.25) is 10.0 Å². The van der Waals surface area contributed by atoms with E-state index in [1.54, 1.807) is 30.5 Å². The van der Waals surface area contributed by atoms with Crippen molar-refractivity contribution in [2.75, 3.05) is 7.11 Å². The molecule has 0 N–H and O–H groups in total. The van der Waals surface area contributed by atoms with Crippen LogP contribution in [0.5, 0.6) is 17.4 Å². The van der Waals surface area contributed by atoms with Crippen molar-refractivity contribution in [3.05, 3.63) is 75.2 Å². The summed E-state index contributed by atoms with van der Waals surface area (Å²) in [6.45, 7) is 1.96. The second kappa shape index (κ2) is 8.92. The van der Waals surface area contributed by atoms with E-state index in [2.05, 4.69) is 9.97 Å². The van der Waals surface area contributed by atoms with E-state index in [9.17, 15) is 0 Å². The number of nitriles is 1. The van der Waals surface area contributed by atoms with Crippen LogP contribution in [0.3, 0.4) is 0 Å². The summed E-state index contributed by atoms with van der Waals surface area (Å²) < 4.78 is 11.2. The van der Waals surface area contributed by atoms with E-state index in [1.807, 2.05) is 25.1 Å². The number of hydrogen-bond donors (Lipinski definition) is 0. The van der Waals surface area contributed by atoms with Gasteiger partial charge in [0.05, 0.1) is 18.7 Å². The largest absolute Gasteiger partial charge is 0.480 e. The zero-order valence-corrected chi connectivity index (χ0v) is 16.9. The normalized spacial score (nSPS) is 10.4. The fraction of sp³-hybridized carbons (Fsp3) is 0.190. The third kappa shape index (κ3) is 4.92. The molecule has 3 rings (SSSR count). The van der Waals surface area contributed by atoms with Crippen LogP contribution in [0.1, 0.15) is 22.5 Å². The van der Waals surface area contributed by atoms with Crippen LogP contribution in [0.15, 0.2) is 42.6 Å². The molecule has 0 saturated heterocycles. The molecule has 0 aliphatic rings. The van der Waals surface area contributed by atoms with Gasteiger partial charge in [-0.05, 0) is 55.7 Å². The maximum absolute atomic E-state index is 9.11. The SMILES string of the molecule is COc1nc(CCc2ccnc(C)c2)cc(Oc2cc(Cl)cc(C#N)c2)c1Cl. The molecular weight excluding hydrogens is 397 g/mol. The van der Waals surface area contributed by atoms with Crippen molar-refractivity contribution in [2.24, 2.45) is 0 Å². The highest BCUT2D eigenvalue weighted by Gasteiger charge is 2.15. The Balaban J connectivity index is 1.87. The lowest BCUT2D eigenvalue weighted by Crippen LogP contribution is -2.00. The van der Waals surface area contributed by atoms with Gasteiger partial charge in [0.2, 0.25) is 5.88 Å². The second-order valence-corrected chi connectivity index (χ2v) is 6.94. The van der Waals surface area contributed by atoms with E-state index >= 15 is 0 Å². The average molecular weight is 414 g/mol. The number of ether oxygens (including phenoxy) is 2. The minimum Gasteiger partial charge on any atom is -0.480 e. The van der Waals surface area contributed by atoms with E-state index in [-0.39, 0.29) is 10.9 Å². The molecule has 0 aliphatic heterocycles. The predicted octanol–water partition coefficient (Wildman–Crippen LogP) is 5.55. The van der Waals surface area contributed by atoms with E-state index in [4.69, 9.17) is 37.9 Å². The van der Waals surface area contributed by atoms with Crippen LogP contribution in [-0.2, 0) is 12.8 Å². The first-order chi connectivity index (χ1) is 13.5. The fourth-order valence-corrected chi connectivity index (χ4v) is 3.15. The van der Waals surface area contributed by atoms with Crippen LogP contribution in [0.25, 0.3) is 0 Å². The highest BCUT2D eigenvalue weighted by atomic mass is 35.5. The van der Waals surface area contributed by atoms with Gasteiger partial charge in [-0.25, -0.2) is 4.98 Å². The molecule has 0 fully saturated rings. The third-order valence-corrected chi connectivity index (χ3v) is 4.57. The van der Waals surface area contributed by atoms with E-state index < -0.39 is 0 Å². The molecule has 0 aliphatic carbocycles. The summed E-state index contributed by atoms with van der Waals surface area (Å²) in [7, 11) is 1.50. The van der Waals surface area contributed by atoms with Crippen molar-refractivity contribution < 1.29 is 9.47 Å². The lowest BCUT2D eigenvalue weighted by molar-refractivity contribution is 0.390. The molecule has 28 heavy (non-hydrogen) atoms. The molecule has 0 amide bonds. The molecule has 7 heteroatoms. The predicted molar refractivity (Wildman–Crippen MR) is 108 cm³/mol. The molecule has 1 aromatic carbocycles. The zero-order chi connectivity index (χ0) is 20.1. The Hall–Kier alpha value is -2.81. The lowest BCUT2D eigenvalue weighted by atomic mass is 10.1. The number of aromatic nitrogens is 2. The Kier molecular flexibility index (Phi) is 6.35. The molecule has 2 heterocycles. The highest BCUT2D eigenvalue weighted by molar-refractivity contribution is 6.33. The monoisotopic (exact) mass is 413 g/mol. The standard InChI is InChI=1S/C21H17Cl2N3O2/c1-13-7-14(5-6-25-13)3-4-17-11-19(20(23)21(26-17)27-2)28-18-9-15(12-24)8-16(22)10-18/h5-11H,3-4H2,1-2H3. The van der Waals surface area contributed by atoms with Gasteiger partial charge >= 0.3 is 0 Å². The number of pyridine rings is 2. The van der Waals surface area contributed by atoms with Crippen LogP contribution >= 0.6 is 23.2 Å². The van der Waals surface area contributed by atoms with Crippen LogP contribution in [0.4, 0.5) is 0 Å². The fourth-order valence-electron chi connectivity index (χ4n) is 2.71. The summed E-state index contributed by atoms with van der Waals surface area (Å²) in [5, 5.41) is 9.76. The minimum absolute atomic E-state index is 0.254. The number of benzene rings is 1. The van der Waals surface area contributed by atoms with E-state index in [1.165, 1.54) is 12.7 Å². The molecule has 5 nitrogen and oxygen atoms in total. The topological polar surface area (TPSA) is 68.0 Å². The number of rotatable bonds is 6. The van der Waals surface area contributed by atoms with Crippen molar-refractivity contribution in [2.45, 2.75) is 19.8 Å². The van der Waals surface area contributed by atoms with Crippen molar-refractivity contribution >= 4 is 23.2 Å². The quantitative estimate of drug-likeness (QED) is 0.529. The Morgan fingerprint density at radius 2 is 1.93 bits per heavy atom. The molecule has 142 valence electrons. The number of hydrogen-bond acceptors (Lipinski definition) is 5.